The summed E-state index contributed by atoms with van der Waals surface area (Å²) >= 11 is 0. The number of halogens is 3. The van der Waals surface area contributed by atoms with E-state index in [2.05, 4.69) is 10.2 Å². The van der Waals surface area contributed by atoms with E-state index in [0.29, 0.717) is 0 Å². The number of nitrogens with one attached hydrogen (secondary N) is 1. The van der Waals surface area contributed by atoms with Crippen molar-refractivity contribution >= 4 is 24.8 Å². The Morgan fingerprint density at radius 2 is 1.64 bits per heavy atom. The van der Waals surface area contributed by atoms with Crippen molar-refractivity contribution in [2.75, 3.05) is 26.2 Å². The molecule has 0 saturated carbocycles. The first-order valence-corrected chi connectivity index (χ1v) is 7.99. The lowest BCUT2D eigenvalue weighted by molar-refractivity contribution is 0.126. The maximum atomic E-state index is 13.2. The van der Waals surface area contributed by atoms with Crippen LogP contribution in [0.4, 0.5) is 4.39 Å². The quantitative estimate of drug-likeness (QED) is 0.891. The molecule has 0 aliphatic carbocycles. The fourth-order valence-corrected chi connectivity index (χ4v) is 3.79. The van der Waals surface area contributed by atoms with Crippen LogP contribution in [0.5, 0.6) is 0 Å². The number of hydrogen-bond donors (Lipinski definition) is 1. The molecule has 5 heteroatoms. The van der Waals surface area contributed by atoms with Crippen LogP contribution in [-0.2, 0) is 6.54 Å². The van der Waals surface area contributed by atoms with Crippen LogP contribution < -0.4 is 5.32 Å². The molecule has 2 aliphatic rings. The van der Waals surface area contributed by atoms with E-state index in [4.69, 9.17) is 0 Å². The molecule has 0 aromatic heterocycles. The topological polar surface area (TPSA) is 15.3 Å². The molecule has 0 spiro atoms. The third-order valence-electron chi connectivity index (χ3n) is 4.98. The highest BCUT2D eigenvalue weighted by Gasteiger charge is 2.27. The van der Waals surface area contributed by atoms with E-state index in [9.17, 15) is 4.39 Å². The van der Waals surface area contributed by atoms with Gasteiger partial charge in [-0.1, -0.05) is 12.1 Å². The predicted octanol–water partition coefficient (Wildman–Crippen LogP) is 3.88. The maximum Gasteiger partial charge on any atom is 0.123 e. The van der Waals surface area contributed by atoms with E-state index in [1.165, 1.54) is 57.9 Å². The summed E-state index contributed by atoms with van der Waals surface area (Å²) < 4.78 is 13.2. The van der Waals surface area contributed by atoms with Crippen LogP contribution in [0, 0.1) is 17.7 Å². The average molecular weight is 349 g/mol. The van der Waals surface area contributed by atoms with E-state index in [1.54, 1.807) is 6.07 Å². The van der Waals surface area contributed by atoms with Gasteiger partial charge in [-0.15, -0.1) is 24.8 Å². The molecule has 2 aliphatic heterocycles. The van der Waals surface area contributed by atoms with Crippen LogP contribution in [-0.4, -0.2) is 31.1 Å². The number of piperidine rings is 2. The van der Waals surface area contributed by atoms with Crippen molar-refractivity contribution in [1.82, 2.24) is 10.2 Å². The molecule has 2 nitrogen and oxygen atoms in total. The van der Waals surface area contributed by atoms with E-state index in [1.807, 2.05) is 12.1 Å². The van der Waals surface area contributed by atoms with Crippen molar-refractivity contribution in [3.8, 4) is 0 Å². The second-order valence-electron chi connectivity index (χ2n) is 6.33. The summed E-state index contributed by atoms with van der Waals surface area (Å²) in [6.07, 6.45) is 5.35. The van der Waals surface area contributed by atoms with Gasteiger partial charge in [0.05, 0.1) is 0 Å². The van der Waals surface area contributed by atoms with Crippen molar-refractivity contribution in [3.05, 3.63) is 35.6 Å². The molecule has 0 atom stereocenters. The summed E-state index contributed by atoms with van der Waals surface area (Å²) in [5, 5.41) is 3.45. The van der Waals surface area contributed by atoms with Crippen LogP contribution in [0.2, 0.25) is 0 Å². The van der Waals surface area contributed by atoms with Gasteiger partial charge in [0.25, 0.3) is 0 Å². The van der Waals surface area contributed by atoms with Gasteiger partial charge in [0.15, 0.2) is 0 Å². The van der Waals surface area contributed by atoms with Gasteiger partial charge in [-0.05, 0) is 81.4 Å². The second kappa shape index (κ2) is 9.71. The monoisotopic (exact) mass is 348 g/mol. The first-order chi connectivity index (χ1) is 9.81. The Morgan fingerprint density at radius 1 is 1.00 bits per heavy atom. The van der Waals surface area contributed by atoms with Crippen LogP contribution >= 0.6 is 24.8 Å². The van der Waals surface area contributed by atoms with Crippen molar-refractivity contribution in [1.29, 1.82) is 0 Å². The summed E-state index contributed by atoms with van der Waals surface area (Å²) in [5.74, 6) is 1.74. The lowest BCUT2D eigenvalue weighted by atomic mass is 9.79. The first-order valence-electron chi connectivity index (χ1n) is 7.99. The molecule has 2 saturated heterocycles. The van der Waals surface area contributed by atoms with Crippen LogP contribution in [0.25, 0.3) is 0 Å². The number of rotatable bonds is 3. The zero-order chi connectivity index (χ0) is 13.8. The number of likely N-dealkylation sites (tertiary alicyclic amines) is 1. The second-order valence-corrected chi connectivity index (χ2v) is 6.33. The summed E-state index contributed by atoms with van der Waals surface area (Å²) in [5.41, 5.74) is 1.10. The molecule has 0 amide bonds. The van der Waals surface area contributed by atoms with Crippen LogP contribution in [0.1, 0.15) is 31.2 Å². The smallest absolute Gasteiger partial charge is 0.123 e. The van der Waals surface area contributed by atoms with Crippen LogP contribution in [0.3, 0.4) is 0 Å². The molecule has 0 unspecified atom stereocenters. The van der Waals surface area contributed by atoms with Crippen molar-refractivity contribution < 1.29 is 4.39 Å². The molecule has 126 valence electrons. The van der Waals surface area contributed by atoms with Crippen LogP contribution in [0.15, 0.2) is 24.3 Å². The molecule has 0 bridgehead atoms. The van der Waals surface area contributed by atoms with Gasteiger partial charge in [-0.2, -0.15) is 0 Å². The zero-order valence-corrected chi connectivity index (χ0v) is 14.6. The van der Waals surface area contributed by atoms with E-state index >= 15 is 0 Å². The van der Waals surface area contributed by atoms with E-state index < -0.39 is 0 Å². The van der Waals surface area contributed by atoms with E-state index in [0.717, 1.165) is 23.9 Å². The predicted molar refractivity (Wildman–Crippen MR) is 94.5 cm³/mol. The normalized spacial score (nSPS) is 21.0. The summed E-state index contributed by atoms with van der Waals surface area (Å²) in [6, 6.07) is 7.03. The molecule has 1 N–H and O–H groups in total. The molecule has 2 fully saturated rings. The Morgan fingerprint density at radius 3 is 2.27 bits per heavy atom. The Bertz CT molecular complexity index is 430. The maximum absolute atomic E-state index is 13.2. The molecule has 2 heterocycles. The minimum atomic E-state index is -0.118. The fourth-order valence-electron chi connectivity index (χ4n) is 3.79. The lowest BCUT2D eigenvalue weighted by Gasteiger charge is -2.37. The van der Waals surface area contributed by atoms with Gasteiger partial charge in [0.1, 0.15) is 5.82 Å². The summed E-state index contributed by atoms with van der Waals surface area (Å²) in [7, 11) is 0. The molecule has 0 radical (unpaired) electrons. The molecule has 1 aromatic rings. The third-order valence-corrected chi connectivity index (χ3v) is 4.98. The van der Waals surface area contributed by atoms with Gasteiger partial charge in [0.2, 0.25) is 0 Å². The highest BCUT2D eigenvalue weighted by atomic mass is 35.5. The lowest BCUT2D eigenvalue weighted by Crippen LogP contribution is -2.39. The summed E-state index contributed by atoms with van der Waals surface area (Å²) in [4.78, 5) is 2.48. The molecule has 3 rings (SSSR count). The van der Waals surface area contributed by atoms with E-state index in [-0.39, 0.29) is 30.6 Å². The van der Waals surface area contributed by atoms with Crippen molar-refractivity contribution in [2.45, 2.75) is 32.2 Å². The van der Waals surface area contributed by atoms with Gasteiger partial charge in [-0.3, -0.25) is 4.90 Å². The fraction of sp³-hybridized carbons (Fsp3) is 0.647. The highest BCUT2D eigenvalue weighted by molar-refractivity contribution is 5.85. The van der Waals surface area contributed by atoms with Gasteiger partial charge in [-0.25, -0.2) is 4.39 Å². The average Bonchev–Trinajstić information content (AvgIpc) is 2.49. The van der Waals surface area contributed by atoms with Crippen molar-refractivity contribution in [3.63, 3.8) is 0 Å². The zero-order valence-electron chi connectivity index (χ0n) is 13.0. The molecule has 22 heavy (non-hydrogen) atoms. The largest absolute Gasteiger partial charge is 0.317 e. The molecular weight excluding hydrogens is 322 g/mol. The third kappa shape index (κ3) is 5.38. The highest BCUT2D eigenvalue weighted by Crippen LogP contribution is 2.31. The number of nitrogens with zero attached hydrogens (tertiary/aromatic N) is 1. The van der Waals surface area contributed by atoms with Gasteiger partial charge in [0, 0.05) is 6.54 Å². The Labute approximate surface area is 145 Å². The first kappa shape index (κ1) is 19.7. The summed E-state index contributed by atoms with van der Waals surface area (Å²) in [6.45, 7) is 5.65. The number of hydrogen-bond acceptors (Lipinski definition) is 2. The molecule has 1 aromatic carbocycles. The SMILES string of the molecule is Cl.Cl.Fc1cccc(CN2CCC(C3CCNCC3)CC2)c1. The Balaban J connectivity index is 0.00000121. The Hall–Kier alpha value is -0.350. The van der Waals surface area contributed by atoms with Gasteiger partial charge < -0.3 is 5.32 Å². The minimum Gasteiger partial charge on any atom is -0.317 e. The molecular formula is C17H27Cl2FN2. The van der Waals surface area contributed by atoms with Gasteiger partial charge >= 0.3 is 0 Å². The standard InChI is InChI=1S/C17H25FN2.2ClH/c18-17-3-1-2-14(12-17)13-20-10-6-16(7-11-20)15-4-8-19-9-5-15;;/h1-3,12,15-16,19H,4-11,13H2;2*1H. The Kier molecular flexibility index (Phi) is 8.70. The number of benzene rings is 1. The minimum absolute atomic E-state index is 0. The van der Waals surface area contributed by atoms with Crippen molar-refractivity contribution in [2.24, 2.45) is 11.8 Å².